The standard InChI is InChI=1S/C26H32N4O2S2/c31-23(27-18-9-11-19(12-10-18)30-14-5-1-2-6-15-30)13-16-33-17-22-28-25(32)24-20-7-3-4-8-21(20)34-26(24)29-22/h9-12H,1-8,13-17H2,(H,27,31)(H,28,29,32). The van der Waals surface area contributed by atoms with Gasteiger partial charge in [-0.25, -0.2) is 4.98 Å². The fourth-order valence-electron chi connectivity index (χ4n) is 4.92. The summed E-state index contributed by atoms with van der Waals surface area (Å²) in [6, 6.07) is 8.21. The van der Waals surface area contributed by atoms with Crippen LogP contribution in [0.3, 0.4) is 0 Å². The maximum Gasteiger partial charge on any atom is 0.259 e. The molecule has 1 aliphatic heterocycles. The fourth-order valence-corrected chi connectivity index (χ4v) is 7.00. The van der Waals surface area contributed by atoms with Crippen LogP contribution >= 0.6 is 23.1 Å². The van der Waals surface area contributed by atoms with Crippen molar-refractivity contribution < 1.29 is 4.79 Å². The summed E-state index contributed by atoms with van der Waals surface area (Å²) >= 11 is 3.30. The number of thioether (sulfide) groups is 1. The number of H-pyrrole nitrogens is 1. The number of hydrogen-bond acceptors (Lipinski definition) is 6. The molecule has 8 heteroatoms. The van der Waals surface area contributed by atoms with E-state index in [-0.39, 0.29) is 11.5 Å². The summed E-state index contributed by atoms with van der Waals surface area (Å²) in [7, 11) is 0. The molecule has 1 aromatic carbocycles. The third-order valence-corrected chi connectivity index (χ3v) is 8.86. The molecule has 0 saturated carbocycles. The zero-order chi connectivity index (χ0) is 23.3. The van der Waals surface area contributed by atoms with E-state index in [0.717, 1.165) is 48.3 Å². The summed E-state index contributed by atoms with van der Waals surface area (Å²) in [4.78, 5) is 37.4. The predicted octanol–water partition coefficient (Wildman–Crippen LogP) is 5.51. The molecule has 0 spiro atoms. The molecular weight excluding hydrogens is 464 g/mol. The van der Waals surface area contributed by atoms with Crippen LogP contribution in [0.4, 0.5) is 11.4 Å². The van der Waals surface area contributed by atoms with Crippen LogP contribution in [-0.2, 0) is 23.4 Å². The van der Waals surface area contributed by atoms with Crippen molar-refractivity contribution in [2.24, 2.45) is 0 Å². The highest BCUT2D eigenvalue weighted by Crippen LogP contribution is 2.33. The number of anilines is 2. The molecule has 34 heavy (non-hydrogen) atoms. The maximum absolute atomic E-state index is 12.7. The molecular formula is C26H32N4O2S2. The maximum atomic E-state index is 12.7. The first-order valence-corrected chi connectivity index (χ1v) is 14.4. The molecule has 1 amide bonds. The molecule has 2 aliphatic rings. The topological polar surface area (TPSA) is 78.1 Å². The SMILES string of the molecule is O=C(CCSCc1nc2sc3c(c2c(=O)[nH]1)CCCC3)Nc1ccc(N2CCCCCC2)cc1. The molecule has 180 valence electrons. The lowest BCUT2D eigenvalue weighted by Gasteiger charge is -2.22. The summed E-state index contributed by atoms with van der Waals surface area (Å²) in [6.07, 6.45) is 9.98. The largest absolute Gasteiger partial charge is 0.372 e. The Hall–Kier alpha value is -2.32. The van der Waals surface area contributed by atoms with Gasteiger partial charge in [0.15, 0.2) is 0 Å². The van der Waals surface area contributed by atoms with Gasteiger partial charge in [-0.05, 0) is 68.4 Å². The Morgan fingerprint density at radius 1 is 1.06 bits per heavy atom. The van der Waals surface area contributed by atoms with Gasteiger partial charge in [-0.2, -0.15) is 11.8 Å². The normalized spacial score (nSPS) is 16.3. The van der Waals surface area contributed by atoms with E-state index in [9.17, 15) is 9.59 Å². The van der Waals surface area contributed by atoms with E-state index in [1.54, 1.807) is 23.1 Å². The average molecular weight is 497 g/mol. The second-order valence-electron chi connectivity index (χ2n) is 9.20. The van der Waals surface area contributed by atoms with E-state index < -0.39 is 0 Å². The van der Waals surface area contributed by atoms with Crippen LogP contribution in [0.2, 0.25) is 0 Å². The van der Waals surface area contributed by atoms with Crippen molar-refractivity contribution in [3.05, 3.63) is 50.9 Å². The van der Waals surface area contributed by atoms with E-state index in [1.807, 2.05) is 12.1 Å². The molecule has 0 unspecified atom stereocenters. The second-order valence-corrected chi connectivity index (χ2v) is 11.4. The zero-order valence-electron chi connectivity index (χ0n) is 19.5. The molecule has 1 fully saturated rings. The molecule has 5 rings (SSSR count). The van der Waals surface area contributed by atoms with Gasteiger partial charge in [0.05, 0.1) is 11.1 Å². The number of rotatable bonds is 7. The summed E-state index contributed by atoms with van der Waals surface area (Å²) in [5, 5.41) is 3.80. The Morgan fingerprint density at radius 3 is 2.62 bits per heavy atom. The number of carbonyl (C=O) groups excluding carboxylic acids is 1. The average Bonchev–Trinajstić information content (AvgIpc) is 3.01. The molecule has 3 aromatic rings. The van der Waals surface area contributed by atoms with Gasteiger partial charge in [-0.1, -0.05) is 12.8 Å². The Bertz CT molecular complexity index is 1190. The number of thiophene rings is 1. The number of benzene rings is 1. The van der Waals surface area contributed by atoms with Crippen molar-refractivity contribution >= 4 is 50.6 Å². The first-order valence-electron chi connectivity index (χ1n) is 12.4. The van der Waals surface area contributed by atoms with E-state index in [1.165, 1.54) is 48.2 Å². The number of nitrogens with zero attached hydrogens (tertiary/aromatic N) is 2. The molecule has 1 saturated heterocycles. The van der Waals surface area contributed by atoms with Crippen LogP contribution < -0.4 is 15.8 Å². The van der Waals surface area contributed by atoms with E-state index in [2.05, 4.69) is 27.3 Å². The lowest BCUT2D eigenvalue weighted by atomic mass is 9.97. The van der Waals surface area contributed by atoms with Crippen molar-refractivity contribution in [3.63, 3.8) is 0 Å². The number of aromatic nitrogens is 2. The summed E-state index contributed by atoms with van der Waals surface area (Å²) < 4.78 is 0. The summed E-state index contributed by atoms with van der Waals surface area (Å²) in [5.74, 6) is 2.00. The number of carbonyl (C=O) groups is 1. The highest BCUT2D eigenvalue weighted by molar-refractivity contribution is 7.98. The Morgan fingerprint density at radius 2 is 1.82 bits per heavy atom. The number of aryl methyl sites for hydroxylation is 2. The van der Waals surface area contributed by atoms with Gasteiger partial charge in [0.25, 0.3) is 5.56 Å². The van der Waals surface area contributed by atoms with E-state index in [0.29, 0.717) is 23.8 Å². The first kappa shape index (κ1) is 23.4. The van der Waals surface area contributed by atoms with Gasteiger partial charge in [0.1, 0.15) is 10.7 Å². The van der Waals surface area contributed by atoms with Gasteiger partial charge in [0, 0.05) is 41.5 Å². The molecule has 3 heterocycles. The van der Waals surface area contributed by atoms with Crippen LogP contribution in [0.15, 0.2) is 29.1 Å². The Balaban J connectivity index is 1.10. The van der Waals surface area contributed by atoms with Crippen molar-refractivity contribution in [3.8, 4) is 0 Å². The molecule has 0 bridgehead atoms. The Kier molecular flexibility index (Phi) is 7.54. The molecule has 0 atom stereocenters. The van der Waals surface area contributed by atoms with Crippen molar-refractivity contribution in [1.82, 2.24) is 9.97 Å². The summed E-state index contributed by atoms with van der Waals surface area (Å²) in [6.45, 7) is 2.23. The highest BCUT2D eigenvalue weighted by Gasteiger charge is 2.19. The fraction of sp³-hybridized carbons (Fsp3) is 0.500. The number of hydrogen-bond donors (Lipinski definition) is 2. The number of amides is 1. The van der Waals surface area contributed by atoms with Crippen LogP contribution in [0.5, 0.6) is 0 Å². The van der Waals surface area contributed by atoms with Crippen LogP contribution in [-0.4, -0.2) is 34.7 Å². The number of nitrogens with one attached hydrogen (secondary N) is 2. The monoisotopic (exact) mass is 496 g/mol. The third kappa shape index (κ3) is 5.49. The highest BCUT2D eigenvalue weighted by atomic mass is 32.2. The minimum absolute atomic E-state index is 0.0119. The van der Waals surface area contributed by atoms with Gasteiger partial charge in [-0.15, -0.1) is 11.3 Å². The Labute approximate surface area is 208 Å². The molecule has 2 N–H and O–H groups in total. The van der Waals surface area contributed by atoms with Gasteiger partial charge >= 0.3 is 0 Å². The zero-order valence-corrected chi connectivity index (χ0v) is 21.2. The molecule has 1 aliphatic carbocycles. The van der Waals surface area contributed by atoms with Gasteiger partial charge < -0.3 is 15.2 Å². The minimum Gasteiger partial charge on any atom is -0.372 e. The predicted molar refractivity (Wildman–Crippen MR) is 143 cm³/mol. The second kappa shape index (κ2) is 11.0. The molecule has 2 aromatic heterocycles. The van der Waals surface area contributed by atoms with Crippen LogP contribution in [0.1, 0.15) is 61.2 Å². The quantitative estimate of drug-likeness (QED) is 0.422. The van der Waals surface area contributed by atoms with Crippen molar-refractivity contribution in [2.45, 2.75) is 63.5 Å². The minimum atomic E-state index is -0.0126. The third-order valence-electron chi connectivity index (χ3n) is 6.71. The summed E-state index contributed by atoms with van der Waals surface area (Å²) in [5.41, 5.74) is 3.28. The number of fused-ring (bicyclic) bond motifs is 3. The van der Waals surface area contributed by atoms with E-state index in [4.69, 9.17) is 4.98 Å². The lowest BCUT2D eigenvalue weighted by Crippen LogP contribution is -2.23. The smallest absolute Gasteiger partial charge is 0.259 e. The van der Waals surface area contributed by atoms with Gasteiger partial charge in [0.2, 0.25) is 5.91 Å². The number of aromatic amines is 1. The lowest BCUT2D eigenvalue weighted by molar-refractivity contribution is -0.115. The van der Waals surface area contributed by atoms with Crippen LogP contribution in [0, 0.1) is 0 Å². The van der Waals surface area contributed by atoms with Gasteiger partial charge in [-0.3, -0.25) is 9.59 Å². The van der Waals surface area contributed by atoms with E-state index >= 15 is 0 Å². The van der Waals surface area contributed by atoms with Crippen molar-refractivity contribution in [1.29, 1.82) is 0 Å². The van der Waals surface area contributed by atoms with Crippen LogP contribution in [0.25, 0.3) is 10.2 Å². The van der Waals surface area contributed by atoms with Crippen molar-refractivity contribution in [2.75, 3.05) is 29.1 Å². The first-order chi connectivity index (χ1) is 16.7. The molecule has 6 nitrogen and oxygen atoms in total. The molecule has 0 radical (unpaired) electrons.